The van der Waals surface area contributed by atoms with Gasteiger partial charge >= 0.3 is 5.63 Å². The molecule has 2 fully saturated rings. The van der Waals surface area contributed by atoms with E-state index in [1.165, 1.54) is 11.0 Å². The summed E-state index contributed by atoms with van der Waals surface area (Å²) >= 11 is 0. The molecule has 0 bridgehead atoms. The van der Waals surface area contributed by atoms with E-state index in [4.69, 9.17) is 4.42 Å². The highest BCUT2D eigenvalue weighted by molar-refractivity contribution is 6.06. The van der Waals surface area contributed by atoms with E-state index in [1.807, 2.05) is 25.1 Å². The highest BCUT2D eigenvalue weighted by Gasteiger charge is 2.51. The fraction of sp³-hybridized carbons (Fsp3) is 0.476. The summed E-state index contributed by atoms with van der Waals surface area (Å²) in [6.45, 7) is 2.18. The van der Waals surface area contributed by atoms with Crippen LogP contribution in [0.15, 0.2) is 33.5 Å². The summed E-state index contributed by atoms with van der Waals surface area (Å²) in [5.41, 5.74) is 1.31. The lowest BCUT2D eigenvalue weighted by Crippen LogP contribution is -2.36. The van der Waals surface area contributed by atoms with Crippen molar-refractivity contribution >= 4 is 22.8 Å². The van der Waals surface area contributed by atoms with Crippen LogP contribution in [0.2, 0.25) is 0 Å². The average Bonchev–Trinajstić information content (AvgIpc) is 2.85. The second-order valence-corrected chi connectivity index (χ2v) is 7.58. The number of rotatable bonds is 3. The number of benzene rings is 1. The third kappa shape index (κ3) is 2.75. The van der Waals surface area contributed by atoms with Gasteiger partial charge in [-0.2, -0.15) is 0 Å². The van der Waals surface area contributed by atoms with Gasteiger partial charge in [-0.25, -0.2) is 4.79 Å². The zero-order chi connectivity index (χ0) is 18.3. The van der Waals surface area contributed by atoms with Gasteiger partial charge in [0.15, 0.2) is 0 Å². The van der Waals surface area contributed by atoms with E-state index < -0.39 is 11.0 Å². The lowest BCUT2D eigenvalue weighted by molar-refractivity contribution is -0.142. The SMILES string of the molecule is CCc1ccc2c(CN3C(=O)CC4(CCCCC4)C3=O)cc(=O)oc2c1. The molecule has 26 heavy (non-hydrogen) atoms. The van der Waals surface area contributed by atoms with Crippen molar-refractivity contribution in [2.45, 2.75) is 58.4 Å². The Bertz CT molecular complexity index is 937. The topological polar surface area (TPSA) is 67.6 Å². The fourth-order valence-corrected chi connectivity index (χ4v) is 4.43. The average molecular weight is 353 g/mol. The number of carbonyl (C=O) groups is 2. The molecule has 0 radical (unpaired) electrons. The van der Waals surface area contributed by atoms with Gasteiger partial charge in [-0.3, -0.25) is 14.5 Å². The second kappa shape index (κ2) is 6.38. The van der Waals surface area contributed by atoms with Crippen LogP contribution in [0.4, 0.5) is 0 Å². The van der Waals surface area contributed by atoms with E-state index in [-0.39, 0.29) is 18.4 Å². The first-order valence-corrected chi connectivity index (χ1v) is 9.43. The minimum Gasteiger partial charge on any atom is -0.423 e. The van der Waals surface area contributed by atoms with Crippen molar-refractivity contribution in [1.29, 1.82) is 0 Å². The monoisotopic (exact) mass is 353 g/mol. The first-order valence-electron chi connectivity index (χ1n) is 9.43. The van der Waals surface area contributed by atoms with E-state index in [0.717, 1.165) is 49.5 Å². The lowest BCUT2D eigenvalue weighted by atomic mass is 9.73. The molecule has 1 aliphatic heterocycles. The Labute approximate surface area is 152 Å². The van der Waals surface area contributed by atoms with Gasteiger partial charge < -0.3 is 4.42 Å². The molecule has 1 spiro atoms. The van der Waals surface area contributed by atoms with Crippen molar-refractivity contribution in [1.82, 2.24) is 4.90 Å². The Kier molecular flexibility index (Phi) is 4.17. The Balaban J connectivity index is 1.70. The van der Waals surface area contributed by atoms with Crippen LogP contribution in [0.5, 0.6) is 0 Å². The Morgan fingerprint density at radius 2 is 1.85 bits per heavy atom. The van der Waals surface area contributed by atoms with Crippen LogP contribution in [0.25, 0.3) is 11.0 Å². The Morgan fingerprint density at radius 1 is 1.08 bits per heavy atom. The molecule has 1 aromatic carbocycles. The van der Waals surface area contributed by atoms with Crippen LogP contribution in [0, 0.1) is 5.41 Å². The van der Waals surface area contributed by atoms with Crippen LogP contribution >= 0.6 is 0 Å². The maximum Gasteiger partial charge on any atom is 0.336 e. The van der Waals surface area contributed by atoms with Crippen LogP contribution in [0.3, 0.4) is 0 Å². The second-order valence-electron chi connectivity index (χ2n) is 7.58. The summed E-state index contributed by atoms with van der Waals surface area (Å²) in [7, 11) is 0. The van der Waals surface area contributed by atoms with E-state index in [2.05, 4.69) is 0 Å². The number of aryl methyl sites for hydroxylation is 1. The van der Waals surface area contributed by atoms with Crippen LogP contribution < -0.4 is 5.63 Å². The largest absolute Gasteiger partial charge is 0.423 e. The van der Waals surface area contributed by atoms with Crippen molar-refractivity contribution in [2.75, 3.05) is 0 Å². The standard InChI is InChI=1S/C21H23NO4/c1-2-14-6-7-16-15(11-19(24)26-17(16)10-14)13-22-18(23)12-21(20(22)25)8-4-3-5-9-21/h6-7,10-11H,2-5,8-9,12-13H2,1H3. The van der Waals surface area contributed by atoms with Gasteiger partial charge in [-0.05, 0) is 36.5 Å². The van der Waals surface area contributed by atoms with E-state index in [0.29, 0.717) is 17.6 Å². The number of hydrogen-bond donors (Lipinski definition) is 0. The fourth-order valence-electron chi connectivity index (χ4n) is 4.43. The van der Waals surface area contributed by atoms with E-state index >= 15 is 0 Å². The molecule has 1 aliphatic carbocycles. The van der Waals surface area contributed by atoms with Crippen molar-refractivity contribution in [3.8, 4) is 0 Å². The summed E-state index contributed by atoms with van der Waals surface area (Å²) < 4.78 is 5.33. The summed E-state index contributed by atoms with van der Waals surface area (Å²) in [5, 5.41) is 0.784. The van der Waals surface area contributed by atoms with E-state index in [9.17, 15) is 14.4 Å². The molecule has 5 heteroatoms. The molecule has 0 N–H and O–H groups in total. The van der Waals surface area contributed by atoms with Gasteiger partial charge in [0.1, 0.15) is 5.58 Å². The van der Waals surface area contributed by atoms with E-state index in [1.54, 1.807) is 0 Å². The molecule has 2 aromatic rings. The van der Waals surface area contributed by atoms with Crippen molar-refractivity contribution in [2.24, 2.45) is 5.41 Å². The molecular weight excluding hydrogens is 330 g/mol. The molecule has 136 valence electrons. The summed E-state index contributed by atoms with van der Waals surface area (Å²) in [6.07, 6.45) is 5.89. The highest BCUT2D eigenvalue weighted by atomic mass is 16.4. The molecule has 2 heterocycles. The quantitative estimate of drug-likeness (QED) is 0.625. The molecule has 5 nitrogen and oxygen atoms in total. The zero-order valence-corrected chi connectivity index (χ0v) is 15.0. The van der Waals surface area contributed by atoms with Crippen molar-refractivity contribution < 1.29 is 14.0 Å². The maximum atomic E-state index is 13.0. The zero-order valence-electron chi connectivity index (χ0n) is 15.0. The highest BCUT2D eigenvalue weighted by Crippen LogP contribution is 2.45. The third-order valence-electron chi connectivity index (χ3n) is 5.93. The minimum absolute atomic E-state index is 0.0613. The summed E-state index contributed by atoms with van der Waals surface area (Å²) in [4.78, 5) is 38.9. The third-order valence-corrected chi connectivity index (χ3v) is 5.93. The number of imide groups is 1. The van der Waals surface area contributed by atoms with Crippen molar-refractivity contribution in [3.63, 3.8) is 0 Å². The predicted molar refractivity (Wildman–Crippen MR) is 97.6 cm³/mol. The van der Waals surface area contributed by atoms with Gasteiger partial charge in [0.05, 0.1) is 12.0 Å². The number of amides is 2. The lowest BCUT2D eigenvalue weighted by Gasteiger charge is -2.30. The summed E-state index contributed by atoms with van der Waals surface area (Å²) in [6, 6.07) is 7.16. The minimum atomic E-state index is -0.500. The maximum absolute atomic E-state index is 13.0. The smallest absolute Gasteiger partial charge is 0.336 e. The van der Waals surface area contributed by atoms with Crippen LogP contribution in [-0.2, 0) is 22.6 Å². The first-order chi connectivity index (χ1) is 12.5. The van der Waals surface area contributed by atoms with Gasteiger partial charge in [-0.1, -0.05) is 38.3 Å². The number of nitrogens with zero attached hydrogens (tertiary/aromatic N) is 1. The van der Waals surface area contributed by atoms with Crippen LogP contribution in [-0.4, -0.2) is 16.7 Å². The molecule has 4 rings (SSSR count). The molecule has 2 amide bonds. The van der Waals surface area contributed by atoms with Crippen molar-refractivity contribution in [3.05, 3.63) is 45.8 Å². The number of fused-ring (bicyclic) bond motifs is 1. The predicted octanol–water partition coefficient (Wildman–Crippen LogP) is 3.56. The Morgan fingerprint density at radius 3 is 2.58 bits per heavy atom. The molecule has 1 saturated carbocycles. The molecule has 1 aromatic heterocycles. The molecule has 0 atom stereocenters. The first kappa shape index (κ1) is 17.0. The molecule has 2 aliphatic rings. The number of hydrogen-bond acceptors (Lipinski definition) is 4. The number of carbonyl (C=O) groups excluding carboxylic acids is 2. The molecule has 1 saturated heterocycles. The summed E-state index contributed by atoms with van der Waals surface area (Å²) in [5.74, 6) is -0.183. The normalized spacial score (nSPS) is 19.7. The van der Waals surface area contributed by atoms with Gasteiger partial charge in [0, 0.05) is 17.9 Å². The van der Waals surface area contributed by atoms with Crippen LogP contribution in [0.1, 0.15) is 56.6 Å². The molecular formula is C21H23NO4. The Hall–Kier alpha value is -2.43. The van der Waals surface area contributed by atoms with Gasteiger partial charge in [-0.15, -0.1) is 0 Å². The molecule has 0 unspecified atom stereocenters. The van der Waals surface area contributed by atoms with Gasteiger partial charge in [0.2, 0.25) is 11.8 Å². The van der Waals surface area contributed by atoms with Gasteiger partial charge in [0.25, 0.3) is 0 Å². The number of likely N-dealkylation sites (tertiary alicyclic amines) is 1.